The number of hydrogen-bond donors (Lipinski definition) is 1. The molecule has 0 spiro atoms. The number of esters is 1. The highest BCUT2D eigenvalue weighted by Crippen LogP contribution is 2.43. The van der Waals surface area contributed by atoms with Gasteiger partial charge >= 0.3 is 5.97 Å². The topological polar surface area (TPSA) is 68.3 Å². The number of carbonyl (C=O) groups excluding carboxylic acids is 1. The first-order chi connectivity index (χ1) is 17.8. The smallest absolute Gasteiger partial charge is 0.330 e. The zero-order valence-electron chi connectivity index (χ0n) is 22.4. The first-order valence-electron chi connectivity index (χ1n) is 13.7. The van der Waals surface area contributed by atoms with Gasteiger partial charge in [-0.2, -0.15) is 0 Å². The van der Waals surface area contributed by atoms with E-state index in [9.17, 15) is 9.90 Å². The highest BCUT2D eigenvalue weighted by Gasteiger charge is 2.41. The third-order valence-corrected chi connectivity index (χ3v) is 7.98. The molecular formula is C32H42O5. The number of benzene rings is 2. The predicted molar refractivity (Wildman–Crippen MR) is 145 cm³/mol. The van der Waals surface area contributed by atoms with E-state index < -0.39 is 6.10 Å². The van der Waals surface area contributed by atoms with Crippen molar-refractivity contribution in [3.05, 3.63) is 83.9 Å². The molecule has 1 aliphatic heterocycles. The number of carbonyl (C=O) groups is 1. The second-order valence-electron chi connectivity index (χ2n) is 11.4. The van der Waals surface area contributed by atoms with Gasteiger partial charge in [-0.05, 0) is 41.4 Å². The molecule has 0 bridgehead atoms. The van der Waals surface area contributed by atoms with Gasteiger partial charge in [-0.15, -0.1) is 0 Å². The van der Waals surface area contributed by atoms with Crippen molar-refractivity contribution in [1.29, 1.82) is 0 Å². The molecule has 1 saturated heterocycles. The fraction of sp³-hybridized carbons (Fsp3) is 0.531. The van der Waals surface area contributed by atoms with E-state index in [1.807, 2.05) is 36.4 Å². The van der Waals surface area contributed by atoms with Gasteiger partial charge in [-0.1, -0.05) is 87.9 Å². The Labute approximate surface area is 221 Å². The lowest BCUT2D eigenvalue weighted by Crippen LogP contribution is -2.43. The molecule has 37 heavy (non-hydrogen) atoms. The normalized spacial score (nSPS) is 25.5. The Hall–Kier alpha value is -2.47. The van der Waals surface area contributed by atoms with Crippen molar-refractivity contribution < 1.29 is 24.1 Å². The Kier molecular flexibility index (Phi) is 9.58. The average molecular weight is 507 g/mol. The molecule has 5 nitrogen and oxygen atoms in total. The van der Waals surface area contributed by atoms with Gasteiger partial charge in [0, 0.05) is 24.8 Å². The molecule has 4 rings (SSSR count). The molecule has 2 fully saturated rings. The van der Waals surface area contributed by atoms with Crippen LogP contribution in [0.3, 0.4) is 0 Å². The van der Waals surface area contributed by atoms with Crippen LogP contribution >= 0.6 is 0 Å². The molecule has 5 heteroatoms. The van der Waals surface area contributed by atoms with Gasteiger partial charge in [-0.3, -0.25) is 0 Å². The summed E-state index contributed by atoms with van der Waals surface area (Å²) in [4.78, 5) is 12.8. The summed E-state index contributed by atoms with van der Waals surface area (Å²) >= 11 is 0. The van der Waals surface area contributed by atoms with Crippen LogP contribution in [0, 0.1) is 11.8 Å². The monoisotopic (exact) mass is 506 g/mol. The van der Waals surface area contributed by atoms with Gasteiger partial charge in [0.25, 0.3) is 0 Å². The third kappa shape index (κ3) is 8.26. The summed E-state index contributed by atoms with van der Waals surface area (Å²) in [5.74, 6) is 0.365. The number of rotatable bonds is 12. The molecule has 0 unspecified atom stereocenters. The lowest BCUT2D eigenvalue weighted by Gasteiger charge is -2.43. The second kappa shape index (κ2) is 12.9. The SMILES string of the molecule is C[C@@H]1CC[C@@H](C(C)(C)c2ccccc2)[C@H](OC(=O)/C=C/[C@H](O)C[C@H](C[C@H]2CO2)OCc2ccccc2)C1. The average Bonchev–Trinajstić information content (AvgIpc) is 3.71. The lowest BCUT2D eigenvalue weighted by molar-refractivity contribution is -0.150. The lowest BCUT2D eigenvalue weighted by atomic mass is 9.64. The molecule has 1 N–H and O–H groups in total. The summed E-state index contributed by atoms with van der Waals surface area (Å²) in [6, 6.07) is 20.5. The summed E-state index contributed by atoms with van der Waals surface area (Å²) < 4.78 is 17.5. The maximum Gasteiger partial charge on any atom is 0.330 e. The van der Waals surface area contributed by atoms with E-state index in [0.717, 1.165) is 37.9 Å². The molecule has 2 aromatic carbocycles. The Balaban J connectivity index is 1.33. The fourth-order valence-corrected chi connectivity index (χ4v) is 5.61. The van der Waals surface area contributed by atoms with Crippen LogP contribution in [0.4, 0.5) is 0 Å². The maximum absolute atomic E-state index is 12.8. The van der Waals surface area contributed by atoms with E-state index in [4.69, 9.17) is 14.2 Å². The summed E-state index contributed by atoms with van der Waals surface area (Å²) in [6.45, 7) is 7.95. The predicted octanol–water partition coefficient (Wildman–Crippen LogP) is 5.99. The molecule has 0 amide bonds. The van der Waals surface area contributed by atoms with Crippen molar-refractivity contribution in [3.63, 3.8) is 0 Å². The zero-order chi connectivity index (χ0) is 26.3. The minimum atomic E-state index is -0.797. The number of hydrogen-bond acceptors (Lipinski definition) is 5. The molecule has 1 saturated carbocycles. The van der Waals surface area contributed by atoms with Crippen LogP contribution in [-0.2, 0) is 31.0 Å². The summed E-state index contributed by atoms with van der Waals surface area (Å²) in [6.07, 6.45) is 6.18. The summed E-state index contributed by atoms with van der Waals surface area (Å²) in [5, 5.41) is 10.7. The van der Waals surface area contributed by atoms with Gasteiger partial charge in [0.05, 0.1) is 31.5 Å². The largest absolute Gasteiger partial charge is 0.459 e. The molecule has 200 valence electrons. The molecule has 0 radical (unpaired) electrons. The maximum atomic E-state index is 12.8. The quantitative estimate of drug-likeness (QED) is 0.217. The standard InChI is InChI=1S/C32H42O5/c1-23-14-16-29(32(2,3)25-12-8-5-9-13-25)30(18-23)37-31(34)17-15-26(33)19-27(20-28-22-36-28)35-21-24-10-6-4-7-11-24/h4-13,15,17,23,26-30,33H,14,16,18-22H2,1-3H3/b17-15+/t23-,26+,27-,28+,29-,30-/m1/s1. The van der Waals surface area contributed by atoms with Crippen molar-refractivity contribution in [1.82, 2.24) is 0 Å². The van der Waals surface area contributed by atoms with Crippen molar-refractivity contribution >= 4 is 5.97 Å². The van der Waals surface area contributed by atoms with Crippen LogP contribution in [0.5, 0.6) is 0 Å². The van der Waals surface area contributed by atoms with Gasteiger partial charge in [0.2, 0.25) is 0 Å². The number of aliphatic hydroxyl groups is 1. The van der Waals surface area contributed by atoms with E-state index in [2.05, 4.69) is 45.0 Å². The van der Waals surface area contributed by atoms with Crippen molar-refractivity contribution in [2.75, 3.05) is 6.61 Å². The third-order valence-electron chi connectivity index (χ3n) is 7.98. The van der Waals surface area contributed by atoms with Gasteiger partial charge < -0.3 is 19.3 Å². The Bertz CT molecular complexity index is 998. The number of ether oxygens (including phenoxy) is 3. The van der Waals surface area contributed by atoms with Crippen LogP contribution < -0.4 is 0 Å². The number of aliphatic hydroxyl groups excluding tert-OH is 1. The highest BCUT2D eigenvalue weighted by atomic mass is 16.6. The molecule has 1 aliphatic carbocycles. The number of epoxide rings is 1. The van der Waals surface area contributed by atoms with E-state index in [-0.39, 0.29) is 35.6 Å². The molecule has 2 aromatic rings. The summed E-state index contributed by atoms with van der Waals surface area (Å²) in [7, 11) is 0. The Morgan fingerprint density at radius 1 is 1.11 bits per heavy atom. The first kappa shape index (κ1) is 27.6. The minimum Gasteiger partial charge on any atom is -0.459 e. The van der Waals surface area contributed by atoms with E-state index in [0.29, 0.717) is 18.9 Å². The van der Waals surface area contributed by atoms with Crippen LogP contribution in [0.2, 0.25) is 0 Å². The Morgan fingerprint density at radius 2 is 1.78 bits per heavy atom. The van der Waals surface area contributed by atoms with Gasteiger partial charge in [-0.25, -0.2) is 4.79 Å². The van der Waals surface area contributed by atoms with Crippen LogP contribution in [0.1, 0.15) is 64.0 Å². The van der Waals surface area contributed by atoms with Gasteiger partial charge in [0.15, 0.2) is 0 Å². The van der Waals surface area contributed by atoms with Crippen molar-refractivity contribution in [2.45, 2.75) is 89.3 Å². The molecule has 2 aliphatic rings. The fourth-order valence-electron chi connectivity index (χ4n) is 5.61. The molecule has 6 atom stereocenters. The molecule has 1 heterocycles. The molecular weight excluding hydrogens is 464 g/mol. The van der Waals surface area contributed by atoms with E-state index in [1.54, 1.807) is 6.08 Å². The van der Waals surface area contributed by atoms with Crippen LogP contribution in [0.15, 0.2) is 72.8 Å². The van der Waals surface area contributed by atoms with Crippen LogP contribution in [-0.4, -0.2) is 42.1 Å². The minimum absolute atomic E-state index is 0.107. The van der Waals surface area contributed by atoms with E-state index >= 15 is 0 Å². The second-order valence-corrected chi connectivity index (χ2v) is 11.4. The first-order valence-corrected chi connectivity index (χ1v) is 13.7. The van der Waals surface area contributed by atoms with E-state index in [1.165, 1.54) is 11.6 Å². The van der Waals surface area contributed by atoms with Crippen LogP contribution in [0.25, 0.3) is 0 Å². The summed E-state index contributed by atoms with van der Waals surface area (Å²) in [5.41, 5.74) is 2.25. The zero-order valence-corrected chi connectivity index (χ0v) is 22.4. The van der Waals surface area contributed by atoms with Crippen molar-refractivity contribution in [2.24, 2.45) is 11.8 Å². The van der Waals surface area contributed by atoms with Crippen molar-refractivity contribution in [3.8, 4) is 0 Å². The molecule has 0 aromatic heterocycles. The Morgan fingerprint density at radius 3 is 2.46 bits per heavy atom. The highest BCUT2D eigenvalue weighted by molar-refractivity contribution is 5.82. The van der Waals surface area contributed by atoms with Gasteiger partial charge in [0.1, 0.15) is 6.10 Å².